The highest BCUT2D eigenvalue weighted by Gasteiger charge is 2.56. The van der Waals surface area contributed by atoms with Crippen LogP contribution in [0.15, 0.2) is 41.3 Å². The summed E-state index contributed by atoms with van der Waals surface area (Å²) in [5.74, 6) is -2.79. The van der Waals surface area contributed by atoms with Gasteiger partial charge in [0.05, 0.1) is 22.1 Å². The fraction of sp³-hybridized carbons (Fsp3) is 0.391. The minimum Gasteiger partial charge on any atom is -0.391 e. The molecule has 2 aliphatic rings. The Balaban J connectivity index is 1.59. The summed E-state index contributed by atoms with van der Waals surface area (Å²) in [4.78, 5) is 27.9. The molecule has 34 heavy (non-hydrogen) atoms. The van der Waals surface area contributed by atoms with E-state index in [0.29, 0.717) is 6.42 Å². The van der Waals surface area contributed by atoms with Gasteiger partial charge in [0.2, 0.25) is 5.91 Å². The Labute approximate surface area is 200 Å². The number of likely N-dealkylation sites (tertiary alicyclic amines) is 1. The Kier molecular flexibility index (Phi) is 6.43. The molecular formula is C23H23ClF2N2O5S. The zero-order valence-electron chi connectivity index (χ0n) is 18.3. The molecule has 2 N–H and O–H groups in total. The quantitative estimate of drug-likeness (QED) is 0.579. The van der Waals surface area contributed by atoms with Gasteiger partial charge in [-0.3, -0.25) is 9.59 Å². The molecule has 4 rings (SSSR count). The lowest BCUT2D eigenvalue weighted by Gasteiger charge is -2.30. The summed E-state index contributed by atoms with van der Waals surface area (Å²) in [5, 5.41) is 12.3. The van der Waals surface area contributed by atoms with Gasteiger partial charge in [-0.25, -0.2) is 17.2 Å². The summed E-state index contributed by atoms with van der Waals surface area (Å²) >= 11 is 5.61. The van der Waals surface area contributed by atoms with Gasteiger partial charge >= 0.3 is 0 Å². The van der Waals surface area contributed by atoms with Gasteiger partial charge < -0.3 is 15.3 Å². The predicted molar refractivity (Wildman–Crippen MR) is 120 cm³/mol. The second-order valence-electron chi connectivity index (χ2n) is 8.84. The Morgan fingerprint density at radius 3 is 2.53 bits per heavy atom. The van der Waals surface area contributed by atoms with Gasteiger partial charge in [0.1, 0.15) is 17.7 Å². The van der Waals surface area contributed by atoms with Gasteiger partial charge in [-0.1, -0.05) is 17.7 Å². The van der Waals surface area contributed by atoms with E-state index in [1.807, 2.05) is 0 Å². The second-order valence-corrected chi connectivity index (χ2v) is 11.3. The number of rotatable bonds is 6. The molecule has 1 saturated carbocycles. The van der Waals surface area contributed by atoms with Crippen LogP contribution < -0.4 is 5.32 Å². The van der Waals surface area contributed by atoms with Crippen molar-refractivity contribution in [2.45, 2.75) is 48.9 Å². The number of amides is 2. The van der Waals surface area contributed by atoms with Crippen molar-refractivity contribution in [3.63, 3.8) is 0 Å². The van der Waals surface area contributed by atoms with Gasteiger partial charge in [0.25, 0.3) is 5.91 Å². The number of nitrogens with one attached hydrogen (secondary N) is 1. The summed E-state index contributed by atoms with van der Waals surface area (Å²) in [6.07, 6.45) is 0.857. The van der Waals surface area contributed by atoms with Crippen molar-refractivity contribution in [1.29, 1.82) is 0 Å². The number of piperidine rings is 1. The molecule has 182 valence electrons. The molecule has 0 bridgehead atoms. The van der Waals surface area contributed by atoms with Crippen molar-refractivity contribution < 1.29 is 31.9 Å². The standard InChI is InChI=1S/C23H23ClF2N2O5S/c1-11(29)21(15-9-18(26)16(24)10-17(15)25)27-22(30)20-8-13-7-19(13)28(20)23(31)12-4-3-5-14(6-12)34(2,32)33/h3-6,9-11,13,19-21,29H,7-8H2,1-2H3,(H,27,30)/t11-,13?,19?,20?,21-/m1/s1. The number of hydrogen-bond donors (Lipinski definition) is 2. The van der Waals surface area contributed by atoms with Gasteiger partial charge in [-0.05, 0) is 56.0 Å². The zero-order chi connectivity index (χ0) is 24.9. The Morgan fingerprint density at radius 2 is 1.88 bits per heavy atom. The highest BCUT2D eigenvalue weighted by atomic mass is 35.5. The van der Waals surface area contributed by atoms with Crippen LogP contribution in [0.4, 0.5) is 8.78 Å². The molecule has 2 fully saturated rings. The summed E-state index contributed by atoms with van der Waals surface area (Å²) in [6, 6.07) is 4.83. The van der Waals surface area contributed by atoms with E-state index in [2.05, 4.69) is 5.32 Å². The highest BCUT2D eigenvalue weighted by Crippen LogP contribution is 2.48. The molecule has 2 aromatic rings. The summed E-state index contributed by atoms with van der Waals surface area (Å²) in [6.45, 7) is 1.32. The number of halogens is 3. The molecule has 2 amide bonds. The maximum Gasteiger partial charge on any atom is 0.254 e. The molecule has 0 aromatic heterocycles. The number of aliphatic hydroxyl groups excluding tert-OH is 1. The lowest BCUT2D eigenvalue weighted by Crippen LogP contribution is -2.50. The third kappa shape index (κ3) is 4.67. The molecule has 11 heteroatoms. The molecule has 3 unspecified atom stereocenters. The number of benzene rings is 2. The SMILES string of the molecule is C[C@@H](O)[C@@H](NC(=O)C1CC2CC2N1C(=O)c1cccc(S(C)(=O)=O)c1)c1cc(F)c(Cl)cc1F. The van der Waals surface area contributed by atoms with Crippen LogP contribution in [0.1, 0.15) is 41.7 Å². The normalized spacial score (nSPS) is 23.2. The average molecular weight is 513 g/mol. The molecule has 1 heterocycles. The lowest BCUT2D eigenvalue weighted by atomic mass is 10.00. The van der Waals surface area contributed by atoms with Gasteiger partial charge in [0.15, 0.2) is 9.84 Å². The van der Waals surface area contributed by atoms with Crippen molar-refractivity contribution in [1.82, 2.24) is 10.2 Å². The Bertz CT molecular complexity index is 1270. The third-order valence-corrected chi connectivity index (χ3v) is 7.71. The maximum absolute atomic E-state index is 14.5. The van der Waals surface area contributed by atoms with Crippen LogP contribution in [-0.2, 0) is 14.6 Å². The first-order valence-corrected chi connectivity index (χ1v) is 12.9. The van der Waals surface area contributed by atoms with Gasteiger partial charge in [-0.15, -0.1) is 0 Å². The predicted octanol–water partition coefficient (Wildman–Crippen LogP) is 2.86. The first-order valence-electron chi connectivity index (χ1n) is 10.6. The van der Waals surface area contributed by atoms with E-state index in [1.54, 1.807) is 0 Å². The average Bonchev–Trinajstić information content (AvgIpc) is 3.43. The van der Waals surface area contributed by atoms with Crippen LogP contribution in [0, 0.1) is 17.6 Å². The van der Waals surface area contributed by atoms with Crippen LogP contribution in [0.25, 0.3) is 0 Å². The smallest absolute Gasteiger partial charge is 0.254 e. The number of hydrogen-bond acceptors (Lipinski definition) is 5. The topological polar surface area (TPSA) is 104 Å². The monoisotopic (exact) mass is 512 g/mol. The first kappa shape index (κ1) is 24.6. The van der Waals surface area contributed by atoms with Crippen molar-refractivity contribution in [2.75, 3.05) is 6.26 Å². The van der Waals surface area contributed by atoms with E-state index < -0.39 is 56.5 Å². The lowest BCUT2D eigenvalue weighted by molar-refractivity contribution is -0.127. The van der Waals surface area contributed by atoms with Crippen LogP contribution >= 0.6 is 11.6 Å². The van der Waals surface area contributed by atoms with Crippen molar-refractivity contribution in [3.05, 3.63) is 64.2 Å². The van der Waals surface area contributed by atoms with Crippen LogP contribution in [0.2, 0.25) is 5.02 Å². The minimum atomic E-state index is -3.54. The van der Waals surface area contributed by atoms with Crippen LogP contribution in [0.5, 0.6) is 0 Å². The molecular weight excluding hydrogens is 490 g/mol. The van der Waals surface area contributed by atoms with E-state index >= 15 is 0 Å². The molecule has 7 nitrogen and oxygen atoms in total. The first-order chi connectivity index (χ1) is 15.9. The fourth-order valence-electron chi connectivity index (χ4n) is 4.48. The number of carbonyl (C=O) groups excluding carboxylic acids is 2. The molecule has 1 aliphatic heterocycles. The van der Waals surface area contributed by atoms with E-state index in [0.717, 1.165) is 24.8 Å². The number of fused-ring (bicyclic) bond motifs is 1. The minimum absolute atomic E-state index is 0.0136. The van der Waals surface area contributed by atoms with E-state index in [9.17, 15) is 31.9 Å². The summed E-state index contributed by atoms with van der Waals surface area (Å²) in [7, 11) is -3.54. The fourth-order valence-corrected chi connectivity index (χ4v) is 5.29. The van der Waals surface area contributed by atoms with Crippen molar-refractivity contribution in [3.8, 4) is 0 Å². The Morgan fingerprint density at radius 1 is 1.18 bits per heavy atom. The number of carbonyl (C=O) groups is 2. The molecule has 1 aliphatic carbocycles. The maximum atomic E-state index is 14.5. The molecule has 1 saturated heterocycles. The molecule has 0 radical (unpaired) electrons. The summed E-state index contributed by atoms with van der Waals surface area (Å²) in [5.41, 5.74) is -0.140. The van der Waals surface area contributed by atoms with Gasteiger partial charge in [-0.2, -0.15) is 0 Å². The van der Waals surface area contributed by atoms with Crippen LogP contribution in [0.3, 0.4) is 0 Å². The van der Waals surface area contributed by atoms with Crippen LogP contribution in [-0.4, -0.2) is 54.7 Å². The van der Waals surface area contributed by atoms with Gasteiger partial charge in [0, 0.05) is 23.4 Å². The number of aliphatic hydroxyl groups is 1. The van der Waals surface area contributed by atoms with Crippen molar-refractivity contribution in [2.24, 2.45) is 5.92 Å². The highest BCUT2D eigenvalue weighted by molar-refractivity contribution is 7.90. The van der Waals surface area contributed by atoms with E-state index in [4.69, 9.17) is 11.6 Å². The summed E-state index contributed by atoms with van der Waals surface area (Å²) < 4.78 is 52.2. The second kappa shape index (κ2) is 8.90. The van der Waals surface area contributed by atoms with E-state index in [-0.39, 0.29) is 28.0 Å². The number of sulfone groups is 1. The third-order valence-electron chi connectivity index (χ3n) is 6.31. The Hall–Kier alpha value is -2.56. The molecule has 0 spiro atoms. The zero-order valence-corrected chi connectivity index (χ0v) is 19.9. The largest absolute Gasteiger partial charge is 0.391 e. The van der Waals surface area contributed by atoms with Crippen molar-refractivity contribution >= 4 is 33.3 Å². The van der Waals surface area contributed by atoms with E-state index in [1.165, 1.54) is 36.1 Å². The molecule has 5 atom stereocenters. The number of nitrogens with zero attached hydrogens (tertiary/aromatic N) is 1. The molecule has 2 aromatic carbocycles.